The quantitative estimate of drug-likeness (QED) is 0.890. The summed E-state index contributed by atoms with van der Waals surface area (Å²) in [5.74, 6) is 2.39. The lowest BCUT2D eigenvalue weighted by molar-refractivity contribution is 0.114. The van der Waals surface area contributed by atoms with E-state index in [0.717, 1.165) is 31.0 Å². The van der Waals surface area contributed by atoms with Gasteiger partial charge < -0.3 is 10.1 Å². The van der Waals surface area contributed by atoms with Crippen molar-refractivity contribution in [2.75, 3.05) is 11.9 Å². The Morgan fingerprint density at radius 1 is 1.33 bits per heavy atom. The minimum absolute atomic E-state index is 0.0663. The molecule has 1 fully saturated rings. The third kappa shape index (κ3) is 3.12. The smallest absolute Gasteiger partial charge is 0.219 e. The first kappa shape index (κ1) is 13.1. The van der Waals surface area contributed by atoms with E-state index in [-0.39, 0.29) is 5.41 Å². The highest BCUT2D eigenvalue weighted by atomic mass is 16.5. The van der Waals surface area contributed by atoms with Crippen molar-refractivity contribution < 1.29 is 4.74 Å². The van der Waals surface area contributed by atoms with Crippen molar-refractivity contribution in [3.05, 3.63) is 11.9 Å². The van der Waals surface area contributed by atoms with E-state index < -0.39 is 0 Å². The maximum absolute atomic E-state index is 5.88. The molecule has 100 valence electrons. The number of aromatic nitrogens is 2. The fourth-order valence-corrected chi connectivity index (χ4v) is 1.75. The Balaban J connectivity index is 2.23. The molecule has 0 aliphatic heterocycles. The van der Waals surface area contributed by atoms with Crippen LogP contribution in [0.1, 0.15) is 52.8 Å². The fourth-order valence-electron chi connectivity index (χ4n) is 1.75. The van der Waals surface area contributed by atoms with E-state index in [9.17, 15) is 0 Å². The molecule has 18 heavy (non-hydrogen) atoms. The predicted molar refractivity (Wildman–Crippen MR) is 73.2 cm³/mol. The van der Waals surface area contributed by atoms with Crippen LogP contribution >= 0.6 is 0 Å². The van der Waals surface area contributed by atoms with E-state index in [1.807, 2.05) is 6.07 Å². The average molecular weight is 249 g/mol. The highest BCUT2D eigenvalue weighted by Crippen LogP contribution is 2.27. The number of rotatable bonds is 4. The molecule has 0 saturated heterocycles. The summed E-state index contributed by atoms with van der Waals surface area (Å²) in [6.07, 6.45) is 3.90. The maximum Gasteiger partial charge on any atom is 0.219 e. The molecular weight excluding hydrogens is 226 g/mol. The first-order chi connectivity index (χ1) is 8.49. The summed E-state index contributed by atoms with van der Waals surface area (Å²) < 4.78 is 5.88. The zero-order valence-corrected chi connectivity index (χ0v) is 11.8. The van der Waals surface area contributed by atoms with Crippen LogP contribution in [0.2, 0.25) is 0 Å². The molecule has 0 spiro atoms. The van der Waals surface area contributed by atoms with Crippen LogP contribution in [-0.4, -0.2) is 22.6 Å². The minimum Gasteiger partial charge on any atom is -0.474 e. The molecule has 1 aliphatic carbocycles. The zero-order valence-electron chi connectivity index (χ0n) is 11.8. The summed E-state index contributed by atoms with van der Waals surface area (Å²) in [5, 5.41) is 3.24. The van der Waals surface area contributed by atoms with Gasteiger partial charge in [0.1, 0.15) is 17.7 Å². The zero-order chi connectivity index (χ0) is 13.2. The molecule has 1 heterocycles. The van der Waals surface area contributed by atoms with Gasteiger partial charge in [-0.25, -0.2) is 4.98 Å². The van der Waals surface area contributed by atoms with Gasteiger partial charge in [0.2, 0.25) is 5.88 Å². The van der Waals surface area contributed by atoms with Crippen molar-refractivity contribution in [1.29, 1.82) is 0 Å². The standard InChI is InChI=1S/C14H23N3O/c1-5-15-11-9-12(18-10-7-6-8-10)17-13(16-11)14(2,3)4/h9-10H,5-8H2,1-4H3,(H,15,16,17). The topological polar surface area (TPSA) is 47.0 Å². The average Bonchev–Trinajstić information content (AvgIpc) is 2.23. The summed E-state index contributed by atoms with van der Waals surface area (Å²) in [5.41, 5.74) is -0.0663. The van der Waals surface area contributed by atoms with Crippen LogP contribution in [0.15, 0.2) is 6.07 Å². The number of nitrogens with zero attached hydrogens (tertiary/aromatic N) is 2. The van der Waals surface area contributed by atoms with Crippen LogP contribution in [0.3, 0.4) is 0 Å². The number of ether oxygens (including phenoxy) is 1. The molecular formula is C14H23N3O. The van der Waals surface area contributed by atoms with Crippen LogP contribution < -0.4 is 10.1 Å². The first-order valence-corrected chi connectivity index (χ1v) is 6.79. The molecule has 0 amide bonds. The van der Waals surface area contributed by atoms with Gasteiger partial charge in [0, 0.05) is 18.0 Å². The normalized spacial score (nSPS) is 16.2. The lowest BCUT2D eigenvalue weighted by Crippen LogP contribution is -2.26. The Morgan fingerprint density at radius 3 is 2.56 bits per heavy atom. The van der Waals surface area contributed by atoms with E-state index in [1.54, 1.807) is 0 Å². The van der Waals surface area contributed by atoms with E-state index in [0.29, 0.717) is 12.0 Å². The molecule has 4 heteroatoms. The number of nitrogens with one attached hydrogen (secondary N) is 1. The Labute approximate surface area is 109 Å². The molecule has 2 rings (SSSR count). The first-order valence-electron chi connectivity index (χ1n) is 6.79. The molecule has 0 bridgehead atoms. The van der Waals surface area contributed by atoms with E-state index in [4.69, 9.17) is 4.74 Å². The third-order valence-electron chi connectivity index (χ3n) is 3.07. The van der Waals surface area contributed by atoms with Crippen molar-refractivity contribution in [2.45, 2.75) is 58.5 Å². The minimum atomic E-state index is -0.0663. The fraction of sp³-hybridized carbons (Fsp3) is 0.714. The Kier molecular flexibility index (Phi) is 3.73. The number of hydrogen-bond acceptors (Lipinski definition) is 4. The summed E-state index contributed by atoms with van der Waals surface area (Å²) in [6.45, 7) is 9.26. The summed E-state index contributed by atoms with van der Waals surface area (Å²) >= 11 is 0. The molecule has 0 radical (unpaired) electrons. The molecule has 1 N–H and O–H groups in total. The van der Waals surface area contributed by atoms with Crippen LogP contribution in [0, 0.1) is 0 Å². The second kappa shape index (κ2) is 5.12. The molecule has 0 aromatic carbocycles. The summed E-state index contributed by atoms with van der Waals surface area (Å²) in [7, 11) is 0. The summed E-state index contributed by atoms with van der Waals surface area (Å²) in [6, 6.07) is 1.90. The van der Waals surface area contributed by atoms with Gasteiger partial charge >= 0.3 is 0 Å². The van der Waals surface area contributed by atoms with Gasteiger partial charge in [-0.15, -0.1) is 0 Å². The number of anilines is 1. The van der Waals surface area contributed by atoms with Crippen LogP contribution in [0.25, 0.3) is 0 Å². The highest BCUT2D eigenvalue weighted by Gasteiger charge is 2.23. The molecule has 0 unspecified atom stereocenters. The van der Waals surface area contributed by atoms with Crippen molar-refractivity contribution >= 4 is 5.82 Å². The lowest BCUT2D eigenvalue weighted by atomic mass is 9.95. The second-order valence-electron chi connectivity index (χ2n) is 5.87. The van der Waals surface area contributed by atoms with Crippen LogP contribution in [-0.2, 0) is 5.41 Å². The van der Waals surface area contributed by atoms with Gasteiger partial charge in [-0.05, 0) is 26.2 Å². The molecule has 4 nitrogen and oxygen atoms in total. The molecule has 1 aromatic heterocycles. The SMILES string of the molecule is CCNc1cc(OC2CCC2)nc(C(C)(C)C)n1. The number of hydrogen-bond donors (Lipinski definition) is 1. The van der Waals surface area contributed by atoms with Crippen molar-refractivity contribution in [3.8, 4) is 5.88 Å². The van der Waals surface area contributed by atoms with Gasteiger partial charge in [-0.2, -0.15) is 4.98 Å². The van der Waals surface area contributed by atoms with Gasteiger partial charge in [-0.1, -0.05) is 20.8 Å². The molecule has 1 aliphatic rings. The second-order valence-corrected chi connectivity index (χ2v) is 5.87. The lowest BCUT2D eigenvalue weighted by Gasteiger charge is -2.27. The van der Waals surface area contributed by atoms with Crippen molar-refractivity contribution in [1.82, 2.24) is 9.97 Å². The predicted octanol–water partition coefficient (Wildman–Crippen LogP) is 3.14. The third-order valence-corrected chi connectivity index (χ3v) is 3.07. The highest BCUT2D eigenvalue weighted by molar-refractivity contribution is 5.39. The van der Waals surface area contributed by atoms with Crippen molar-refractivity contribution in [2.24, 2.45) is 0 Å². The summed E-state index contributed by atoms with van der Waals surface area (Å²) in [4.78, 5) is 9.08. The maximum atomic E-state index is 5.88. The van der Waals surface area contributed by atoms with Gasteiger partial charge in [-0.3, -0.25) is 0 Å². The van der Waals surface area contributed by atoms with Gasteiger partial charge in [0.05, 0.1) is 0 Å². The Bertz CT molecular complexity index is 408. The Morgan fingerprint density at radius 2 is 2.06 bits per heavy atom. The molecule has 1 aromatic rings. The monoisotopic (exact) mass is 249 g/mol. The van der Waals surface area contributed by atoms with Crippen LogP contribution in [0.4, 0.5) is 5.82 Å². The molecule has 1 saturated carbocycles. The largest absolute Gasteiger partial charge is 0.474 e. The van der Waals surface area contributed by atoms with Gasteiger partial charge in [0.15, 0.2) is 0 Å². The van der Waals surface area contributed by atoms with E-state index in [1.165, 1.54) is 6.42 Å². The Hall–Kier alpha value is -1.32. The van der Waals surface area contributed by atoms with Crippen LogP contribution in [0.5, 0.6) is 5.88 Å². The van der Waals surface area contributed by atoms with Gasteiger partial charge in [0.25, 0.3) is 0 Å². The van der Waals surface area contributed by atoms with E-state index in [2.05, 4.69) is 43.0 Å². The van der Waals surface area contributed by atoms with E-state index >= 15 is 0 Å². The van der Waals surface area contributed by atoms with Crippen molar-refractivity contribution in [3.63, 3.8) is 0 Å². The molecule has 0 atom stereocenters.